The predicted octanol–water partition coefficient (Wildman–Crippen LogP) is -1.51. The smallest absolute Gasteiger partial charge is 0.549 e. The molecule has 0 aliphatic carbocycles. The number of hydrogen-bond acceptors (Lipinski definition) is 6. The van der Waals surface area contributed by atoms with Crippen molar-refractivity contribution >= 4 is 29.6 Å². The third kappa shape index (κ3) is 9.43. The van der Waals surface area contributed by atoms with E-state index in [0.717, 1.165) is 0 Å². The molecule has 0 bridgehead atoms. The third-order valence-corrected chi connectivity index (χ3v) is 3.54. The Bertz CT molecular complexity index is 593. The van der Waals surface area contributed by atoms with Gasteiger partial charge in [0.1, 0.15) is 13.2 Å². The number of carboxylic acids is 1. The van der Waals surface area contributed by atoms with Crippen LogP contribution in [0, 0.1) is 5.92 Å². The van der Waals surface area contributed by atoms with Gasteiger partial charge in [0.25, 0.3) is 0 Å². The van der Waals surface area contributed by atoms with Gasteiger partial charge < -0.3 is 24.7 Å². The van der Waals surface area contributed by atoms with Crippen molar-refractivity contribution in [3.63, 3.8) is 0 Å². The summed E-state index contributed by atoms with van der Waals surface area (Å²) >= 11 is 5.77. The molecule has 1 N–H and O–H groups in total. The second-order valence-electron chi connectivity index (χ2n) is 5.60. The van der Waals surface area contributed by atoms with Gasteiger partial charge in [0.05, 0.1) is 5.92 Å². The molecule has 0 radical (unpaired) electrons. The Morgan fingerprint density at radius 3 is 2.23 bits per heavy atom. The number of ether oxygens (including phenoxy) is 2. The molecule has 0 saturated carbocycles. The molecular weight excluding hydrogens is 373 g/mol. The van der Waals surface area contributed by atoms with Gasteiger partial charge in [-0.15, -0.1) is 0 Å². The molecule has 1 aromatic carbocycles. The maximum absolute atomic E-state index is 11.5. The monoisotopic (exact) mass is 393 g/mol. The maximum Gasteiger partial charge on any atom is 1.00 e. The van der Waals surface area contributed by atoms with E-state index in [2.05, 4.69) is 5.32 Å². The second-order valence-corrected chi connectivity index (χ2v) is 6.03. The number of carbonyl (C=O) groups is 3. The Morgan fingerprint density at radius 2 is 1.69 bits per heavy atom. The molecule has 0 aliphatic heterocycles. The van der Waals surface area contributed by atoms with E-state index in [9.17, 15) is 19.5 Å². The summed E-state index contributed by atoms with van der Waals surface area (Å²) in [6.45, 7) is 3.38. The fraction of sp³-hybridized carbons (Fsp3) is 0.471. The van der Waals surface area contributed by atoms with Crippen LogP contribution in [0.25, 0.3) is 0 Å². The molecule has 0 aromatic heterocycles. The summed E-state index contributed by atoms with van der Waals surface area (Å²) < 4.78 is 9.68. The number of rotatable bonds is 9. The quantitative estimate of drug-likeness (QED) is 0.311. The average Bonchev–Trinajstić information content (AvgIpc) is 2.56. The molecule has 1 atom stereocenters. The van der Waals surface area contributed by atoms with Gasteiger partial charge in [-0.25, -0.2) is 4.79 Å². The Hall–Kier alpha value is -1.28. The van der Waals surface area contributed by atoms with Crippen molar-refractivity contribution in [1.29, 1.82) is 0 Å². The van der Waals surface area contributed by atoms with Crippen molar-refractivity contribution in [1.82, 2.24) is 5.32 Å². The van der Waals surface area contributed by atoms with E-state index >= 15 is 0 Å². The minimum absolute atomic E-state index is 0. The molecule has 9 heteroatoms. The average molecular weight is 394 g/mol. The first-order valence-corrected chi connectivity index (χ1v) is 8.22. The number of carbonyl (C=O) groups excluding carboxylic acids is 3. The van der Waals surface area contributed by atoms with E-state index in [1.165, 1.54) is 0 Å². The van der Waals surface area contributed by atoms with Gasteiger partial charge in [-0.05, 0) is 24.1 Å². The standard InChI is InChI=1S/C17H22ClNO6.Na/c1-11(2)16(22)24-9-10-25-17(23)19-8-7-14(15(20)21)12-3-5-13(18)6-4-12;/h3-6,11,14H,7-10H2,1-2H3,(H,19,23)(H,20,21);/q;+1/p-1. The first-order chi connectivity index (χ1) is 11.8. The van der Waals surface area contributed by atoms with E-state index in [1.807, 2.05) is 0 Å². The molecule has 1 aromatic rings. The number of aliphatic carboxylic acids is 1. The van der Waals surface area contributed by atoms with E-state index in [1.54, 1.807) is 38.1 Å². The largest absolute Gasteiger partial charge is 1.00 e. The predicted molar refractivity (Wildman–Crippen MR) is 89.0 cm³/mol. The number of amides is 1. The Labute approximate surface area is 179 Å². The summed E-state index contributed by atoms with van der Waals surface area (Å²) in [6.07, 6.45) is -0.574. The van der Waals surface area contributed by atoms with Crippen LogP contribution in [0.2, 0.25) is 5.02 Å². The Kier molecular flexibility index (Phi) is 12.3. The van der Waals surface area contributed by atoms with E-state index in [4.69, 9.17) is 21.1 Å². The van der Waals surface area contributed by atoms with Crippen molar-refractivity contribution in [3.05, 3.63) is 34.9 Å². The Balaban J connectivity index is 0.00000625. The normalized spacial score (nSPS) is 11.2. The minimum Gasteiger partial charge on any atom is -0.549 e. The number of nitrogens with one attached hydrogen (secondary N) is 1. The van der Waals surface area contributed by atoms with Gasteiger partial charge in [-0.2, -0.15) is 0 Å². The zero-order valence-electron chi connectivity index (χ0n) is 15.1. The first-order valence-electron chi connectivity index (χ1n) is 7.84. The first kappa shape index (κ1) is 24.7. The maximum atomic E-state index is 11.5. The number of hydrogen-bond donors (Lipinski definition) is 1. The van der Waals surface area contributed by atoms with Crippen molar-refractivity contribution in [2.75, 3.05) is 19.8 Å². The summed E-state index contributed by atoms with van der Waals surface area (Å²) in [4.78, 5) is 34.0. The van der Waals surface area contributed by atoms with Gasteiger partial charge in [0.2, 0.25) is 0 Å². The summed E-state index contributed by atoms with van der Waals surface area (Å²) in [5.74, 6) is -2.73. The van der Waals surface area contributed by atoms with Crippen molar-refractivity contribution in [2.24, 2.45) is 5.92 Å². The van der Waals surface area contributed by atoms with Crippen LogP contribution in [0.1, 0.15) is 31.7 Å². The number of benzene rings is 1. The molecule has 0 heterocycles. The minimum atomic E-state index is -1.24. The number of esters is 1. The third-order valence-electron chi connectivity index (χ3n) is 3.29. The van der Waals surface area contributed by atoms with E-state index in [-0.39, 0.29) is 67.6 Å². The molecule has 0 saturated heterocycles. The van der Waals surface area contributed by atoms with Gasteiger partial charge >= 0.3 is 41.6 Å². The molecule has 1 rings (SSSR count). The van der Waals surface area contributed by atoms with Crippen LogP contribution in [0.3, 0.4) is 0 Å². The summed E-state index contributed by atoms with van der Waals surface area (Å²) in [7, 11) is 0. The molecule has 0 fully saturated rings. The van der Waals surface area contributed by atoms with Crippen LogP contribution < -0.4 is 40.0 Å². The SMILES string of the molecule is CC(C)C(=O)OCCOC(=O)NCCC(C(=O)[O-])c1ccc(Cl)cc1.[Na+]. The topological polar surface area (TPSA) is 105 Å². The van der Waals surface area contributed by atoms with Crippen LogP contribution in [0.4, 0.5) is 4.79 Å². The van der Waals surface area contributed by atoms with Gasteiger partial charge in [0.15, 0.2) is 0 Å². The summed E-state index contributed by atoms with van der Waals surface area (Å²) in [6, 6.07) is 6.38. The zero-order chi connectivity index (χ0) is 18.8. The van der Waals surface area contributed by atoms with Crippen LogP contribution in [-0.2, 0) is 19.1 Å². The molecule has 138 valence electrons. The molecule has 26 heavy (non-hydrogen) atoms. The number of carboxylic acid groups (broad SMARTS) is 1. The molecular formula is C17H21ClNNaO6. The molecule has 1 amide bonds. The van der Waals surface area contributed by atoms with Crippen LogP contribution in [-0.4, -0.2) is 37.8 Å². The van der Waals surface area contributed by atoms with Crippen LogP contribution in [0.5, 0.6) is 0 Å². The van der Waals surface area contributed by atoms with E-state index in [0.29, 0.717) is 10.6 Å². The molecule has 0 spiro atoms. The van der Waals surface area contributed by atoms with E-state index < -0.39 is 18.0 Å². The van der Waals surface area contributed by atoms with Gasteiger partial charge in [-0.3, -0.25) is 4.79 Å². The van der Waals surface area contributed by atoms with Crippen LogP contribution in [0.15, 0.2) is 24.3 Å². The number of alkyl carbamates (subject to hydrolysis) is 1. The summed E-state index contributed by atoms with van der Waals surface area (Å²) in [5.41, 5.74) is 0.542. The number of halogens is 1. The zero-order valence-corrected chi connectivity index (χ0v) is 17.9. The van der Waals surface area contributed by atoms with Gasteiger partial charge in [0, 0.05) is 23.5 Å². The summed E-state index contributed by atoms with van der Waals surface area (Å²) in [5, 5.41) is 14.2. The second kappa shape index (κ2) is 13.0. The van der Waals surface area contributed by atoms with Crippen molar-refractivity contribution in [2.45, 2.75) is 26.2 Å². The molecule has 7 nitrogen and oxygen atoms in total. The molecule has 1 unspecified atom stereocenters. The van der Waals surface area contributed by atoms with Crippen molar-refractivity contribution in [3.8, 4) is 0 Å². The van der Waals surface area contributed by atoms with Crippen molar-refractivity contribution < 1.29 is 58.5 Å². The Morgan fingerprint density at radius 1 is 1.12 bits per heavy atom. The van der Waals surface area contributed by atoms with Crippen LogP contribution >= 0.6 is 11.6 Å². The molecule has 0 aliphatic rings. The fourth-order valence-electron chi connectivity index (χ4n) is 1.93. The fourth-order valence-corrected chi connectivity index (χ4v) is 2.05. The van der Waals surface area contributed by atoms with Gasteiger partial charge in [-0.1, -0.05) is 37.6 Å².